The zero-order valence-electron chi connectivity index (χ0n) is 10.4. The summed E-state index contributed by atoms with van der Waals surface area (Å²) < 4.78 is 2.32. The molecule has 1 aromatic carbocycles. The molecule has 2 heteroatoms. The summed E-state index contributed by atoms with van der Waals surface area (Å²) in [6, 6.07) is 8.33. The van der Waals surface area contributed by atoms with E-state index in [-0.39, 0.29) is 12.1 Å². The average molecular weight is 217 g/mol. The maximum absolute atomic E-state index is 9.19. The fourth-order valence-electron chi connectivity index (χ4n) is 2.37. The van der Waals surface area contributed by atoms with Crippen LogP contribution in [0.5, 0.6) is 0 Å². The summed E-state index contributed by atoms with van der Waals surface area (Å²) in [5.74, 6) is 0. The molecule has 86 valence electrons. The maximum atomic E-state index is 9.19. The van der Waals surface area contributed by atoms with Crippen LogP contribution in [-0.4, -0.2) is 9.67 Å². The van der Waals surface area contributed by atoms with E-state index in [9.17, 15) is 5.11 Å². The summed E-state index contributed by atoms with van der Waals surface area (Å²) >= 11 is 0. The van der Waals surface area contributed by atoms with Crippen LogP contribution in [-0.2, 0) is 12.1 Å². The van der Waals surface area contributed by atoms with E-state index in [4.69, 9.17) is 0 Å². The summed E-state index contributed by atoms with van der Waals surface area (Å²) in [7, 11) is 0. The van der Waals surface area contributed by atoms with Crippen molar-refractivity contribution in [3.8, 4) is 0 Å². The van der Waals surface area contributed by atoms with Gasteiger partial charge in [-0.25, -0.2) is 0 Å². The summed E-state index contributed by atoms with van der Waals surface area (Å²) in [6.45, 7) is 8.83. The van der Waals surface area contributed by atoms with E-state index in [1.807, 2.05) is 6.07 Å². The van der Waals surface area contributed by atoms with Crippen LogP contribution in [0.15, 0.2) is 24.3 Å². The molecule has 0 saturated heterocycles. The lowest BCUT2D eigenvalue weighted by Gasteiger charge is -2.25. The van der Waals surface area contributed by atoms with Crippen LogP contribution in [0.2, 0.25) is 0 Å². The first kappa shape index (κ1) is 11.2. The Morgan fingerprint density at radius 3 is 2.44 bits per heavy atom. The lowest BCUT2D eigenvalue weighted by atomic mass is 10.1. The van der Waals surface area contributed by atoms with Gasteiger partial charge in [0, 0.05) is 16.7 Å². The van der Waals surface area contributed by atoms with E-state index in [2.05, 4.69) is 50.5 Å². The minimum Gasteiger partial charge on any atom is -0.392 e. The highest BCUT2D eigenvalue weighted by molar-refractivity contribution is 5.82. The fraction of sp³-hybridized carbons (Fsp3) is 0.429. The maximum Gasteiger partial charge on any atom is 0.0682 e. The molecular formula is C14H19NO. The minimum absolute atomic E-state index is 0.0694. The summed E-state index contributed by atoms with van der Waals surface area (Å²) in [4.78, 5) is 0. The lowest BCUT2D eigenvalue weighted by molar-refractivity contribution is 0.282. The SMILES string of the molecule is Cc1cc2ccc(CO)cc2n1C(C)(C)C. The van der Waals surface area contributed by atoms with Crippen molar-refractivity contribution < 1.29 is 5.11 Å². The second-order valence-electron chi connectivity index (χ2n) is 5.34. The van der Waals surface area contributed by atoms with E-state index >= 15 is 0 Å². The van der Waals surface area contributed by atoms with Gasteiger partial charge in [-0.15, -0.1) is 0 Å². The monoisotopic (exact) mass is 217 g/mol. The van der Waals surface area contributed by atoms with E-state index in [1.165, 1.54) is 16.6 Å². The molecule has 0 radical (unpaired) electrons. The van der Waals surface area contributed by atoms with E-state index in [0.717, 1.165) is 5.56 Å². The molecule has 0 bridgehead atoms. The van der Waals surface area contributed by atoms with Crippen LogP contribution in [0.3, 0.4) is 0 Å². The third-order valence-corrected chi connectivity index (χ3v) is 2.91. The number of aromatic nitrogens is 1. The highest BCUT2D eigenvalue weighted by atomic mass is 16.3. The Morgan fingerprint density at radius 1 is 1.19 bits per heavy atom. The highest BCUT2D eigenvalue weighted by Crippen LogP contribution is 2.27. The topological polar surface area (TPSA) is 25.2 Å². The van der Waals surface area contributed by atoms with Crippen molar-refractivity contribution in [3.05, 3.63) is 35.5 Å². The molecule has 1 aromatic heterocycles. The fourth-order valence-corrected chi connectivity index (χ4v) is 2.37. The number of hydrogen-bond donors (Lipinski definition) is 1. The van der Waals surface area contributed by atoms with E-state index in [0.29, 0.717) is 0 Å². The van der Waals surface area contributed by atoms with Gasteiger partial charge in [-0.1, -0.05) is 12.1 Å². The van der Waals surface area contributed by atoms with Crippen molar-refractivity contribution >= 4 is 10.9 Å². The van der Waals surface area contributed by atoms with Gasteiger partial charge < -0.3 is 9.67 Å². The molecule has 0 aliphatic carbocycles. The van der Waals surface area contributed by atoms with Crippen LogP contribution < -0.4 is 0 Å². The smallest absolute Gasteiger partial charge is 0.0682 e. The van der Waals surface area contributed by atoms with Crippen LogP contribution >= 0.6 is 0 Å². The Morgan fingerprint density at radius 2 is 1.88 bits per heavy atom. The first-order valence-electron chi connectivity index (χ1n) is 5.66. The summed E-state index contributed by atoms with van der Waals surface area (Å²) in [5.41, 5.74) is 3.50. The van der Waals surface area contributed by atoms with Gasteiger partial charge in [0.2, 0.25) is 0 Å². The number of aryl methyl sites for hydroxylation is 1. The van der Waals surface area contributed by atoms with Crippen LogP contribution in [0.25, 0.3) is 10.9 Å². The van der Waals surface area contributed by atoms with Gasteiger partial charge in [-0.2, -0.15) is 0 Å². The molecule has 0 unspecified atom stereocenters. The van der Waals surface area contributed by atoms with Crippen molar-refractivity contribution in [2.24, 2.45) is 0 Å². The van der Waals surface area contributed by atoms with Gasteiger partial charge in [-0.3, -0.25) is 0 Å². The Hall–Kier alpha value is -1.28. The molecule has 0 saturated carbocycles. The summed E-state index contributed by atoms with van der Waals surface area (Å²) in [6.07, 6.45) is 0. The molecule has 0 amide bonds. The van der Waals surface area contributed by atoms with Gasteiger partial charge in [0.25, 0.3) is 0 Å². The number of hydrogen-bond acceptors (Lipinski definition) is 1. The molecule has 0 atom stereocenters. The molecule has 1 heterocycles. The number of nitrogens with zero attached hydrogens (tertiary/aromatic N) is 1. The molecule has 0 fully saturated rings. The van der Waals surface area contributed by atoms with Crippen molar-refractivity contribution in [3.63, 3.8) is 0 Å². The van der Waals surface area contributed by atoms with Gasteiger partial charge in [0.05, 0.1) is 6.61 Å². The van der Waals surface area contributed by atoms with Gasteiger partial charge in [0.1, 0.15) is 0 Å². The second kappa shape index (κ2) is 3.63. The molecule has 0 spiro atoms. The standard InChI is InChI=1S/C14H19NO/c1-10-7-12-6-5-11(9-16)8-13(12)15(10)14(2,3)4/h5-8,16H,9H2,1-4H3. The van der Waals surface area contributed by atoms with E-state index in [1.54, 1.807) is 0 Å². The Balaban J connectivity index is 2.76. The largest absolute Gasteiger partial charge is 0.392 e. The first-order chi connectivity index (χ1) is 7.43. The summed E-state index contributed by atoms with van der Waals surface area (Å²) in [5, 5.41) is 10.4. The zero-order chi connectivity index (χ0) is 11.9. The molecule has 1 N–H and O–H groups in total. The van der Waals surface area contributed by atoms with Crippen LogP contribution in [0.1, 0.15) is 32.0 Å². The molecule has 16 heavy (non-hydrogen) atoms. The molecule has 2 rings (SSSR count). The number of rotatable bonds is 1. The van der Waals surface area contributed by atoms with Gasteiger partial charge >= 0.3 is 0 Å². The second-order valence-corrected chi connectivity index (χ2v) is 5.34. The quantitative estimate of drug-likeness (QED) is 0.779. The molecule has 0 aliphatic rings. The molecule has 0 aliphatic heterocycles. The number of aliphatic hydroxyl groups excluding tert-OH is 1. The first-order valence-corrected chi connectivity index (χ1v) is 5.66. The predicted molar refractivity (Wildman–Crippen MR) is 67.6 cm³/mol. The minimum atomic E-state index is 0.0694. The molecule has 2 nitrogen and oxygen atoms in total. The van der Waals surface area contributed by atoms with Crippen molar-refractivity contribution in [1.82, 2.24) is 4.57 Å². The highest BCUT2D eigenvalue weighted by Gasteiger charge is 2.17. The van der Waals surface area contributed by atoms with Crippen LogP contribution in [0.4, 0.5) is 0 Å². The lowest BCUT2D eigenvalue weighted by Crippen LogP contribution is -2.22. The zero-order valence-corrected chi connectivity index (χ0v) is 10.4. The molecular weight excluding hydrogens is 198 g/mol. The van der Waals surface area contributed by atoms with Crippen molar-refractivity contribution in [1.29, 1.82) is 0 Å². The number of fused-ring (bicyclic) bond motifs is 1. The Labute approximate surface area is 96.5 Å². The number of benzene rings is 1. The predicted octanol–water partition coefficient (Wildman–Crippen LogP) is 3.20. The third kappa shape index (κ3) is 1.74. The third-order valence-electron chi connectivity index (χ3n) is 2.91. The molecule has 2 aromatic rings. The van der Waals surface area contributed by atoms with Crippen molar-refractivity contribution in [2.75, 3.05) is 0 Å². The van der Waals surface area contributed by atoms with Crippen molar-refractivity contribution in [2.45, 2.75) is 39.8 Å². The Kier molecular flexibility index (Phi) is 2.55. The van der Waals surface area contributed by atoms with Crippen LogP contribution in [0, 0.1) is 6.92 Å². The number of aliphatic hydroxyl groups is 1. The van der Waals surface area contributed by atoms with E-state index < -0.39 is 0 Å². The average Bonchev–Trinajstić information content (AvgIpc) is 2.51. The normalized spacial score (nSPS) is 12.3. The Bertz CT molecular complexity index is 517. The van der Waals surface area contributed by atoms with Gasteiger partial charge in [-0.05, 0) is 50.8 Å². The van der Waals surface area contributed by atoms with Gasteiger partial charge in [0.15, 0.2) is 0 Å².